The van der Waals surface area contributed by atoms with Crippen LogP contribution in [0, 0.1) is 0 Å². The molecule has 1 aromatic carbocycles. The number of fused-ring (bicyclic) bond motifs is 1. The Kier molecular flexibility index (Phi) is 4.11. The van der Waals surface area contributed by atoms with Crippen LogP contribution in [0.15, 0.2) is 24.3 Å². The summed E-state index contributed by atoms with van der Waals surface area (Å²) in [6.07, 6.45) is 6.24. The highest BCUT2D eigenvalue weighted by Crippen LogP contribution is 2.44. The molecule has 1 saturated carbocycles. The molecule has 3 rings (SSSR count). The van der Waals surface area contributed by atoms with Crippen molar-refractivity contribution in [1.82, 2.24) is 4.90 Å². The summed E-state index contributed by atoms with van der Waals surface area (Å²) in [6, 6.07) is 9.60. The van der Waals surface area contributed by atoms with Crippen LogP contribution < -0.4 is 5.73 Å². The lowest BCUT2D eigenvalue weighted by atomic mass is 9.75. The maximum atomic E-state index is 6.31. The molecule has 2 N–H and O–H groups in total. The first kappa shape index (κ1) is 14.1. The van der Waals surface area contributed by atoms with Crippen LogP contribution in [-0.4, -0.2) is 37.7 Å². The number of benzene rings is 1. The van der Waals surface area contributed by atoms with E-state index in [9.17, 15) is 0 Å². The van der Waals surface area contributed by atoms with Gasteiger partial charge in [0.15, 0.2) is 0 Å². The van der Waals surface area contributed by atoms with Gasteiger partial charge < -0.3 is 10.5 Å². The van der Waals surface area contributed by atoms with E-state index in [1.54, 1.807) is 7.11 Å². The van der Waals surface area contributed by atoms with Crippen molar-refractivity contribution in [2.24, 2.45) is 5.73 Å². The van der Waals surface area contributed by atoms with Gasteiger partial charge in [0.1, 0.15) is 0 Å². The average molecular weight is 274 g/mol. The minimum atomic E-state index is 0.0362. The molecule has 0 heterocycles. The molecule has 3 nitrogen and oxygen atoms in total. The Labute approximate surface area is 122 Å². The summed E-state index contributed by atoms with van der Waals surface area (Å²) < 4.78 is 5.34. The van der Waals surface area contributed by atoms with Gasteiger partial charge in [-0.1, -0.05) is 24.3 Å². The van der Waals surface area contributed by atoms with E-state index in [1.165, 1.54) is 43.2 Å². The fourth-order valence-corrected chi connectivity index (χ4v) is 3.85. The third kappa shape index (κ3) is 2.39. The van der Waals surface area contributed by atoms with Crippen LogP contribution >= 0.6 is 0 Å². The van der Waals surface area contributed by atoms with Crippen LogP contribution in [0.5, 0.6) is 0 Å². The fourth-order valence-electron chi connectivity index (χ4n) is 3.85. The van der Waals surface area contributed by atoms with Crippen LogP contribution in [0.2, 0.25) is 0 Å². The van der Waals surface area contributed by atoms with E-state index in [0.29, 0.717) is 12.6 Å². The molecular weight excluding hydrogens is 248 g/mol. The first-order valence-electron chi connectivity index (χ1n) is 7.86. The van der Waals surface area contributed by atoms with Crippen LogP contribution in [-0.2, 0) is 16.7 Å². The van der Waals surface area contributed by atoms with Gasteiger partial charge in [-0.25, -0.2) is 0 Å². The highest BCUT2D eigenvalue weighted by atomic mass is 16.5. The Morgan fingerprint density at radius 3 is 2.85 bits per heavy atom. The molecule has 0 bridgehead atoms. The lowest BCUT2D eigenvalue weighted by Gasteiger charge is -2.47. The molecule has 0 radical (unpaired) electrons. The number of hydrogen-bond donors (Lipinski definition) is 1. The van der Waals surface area contributed by atoms with Crippen LogP contribution in [0.1, 0.15) is 36.8 Å². The average Bonchev–Trinajstić information content (AvgIpc) is 3.32. The lowest BCUT2D eigenvalue weighted by Crippen LogP contribution is -2.55. The Morgan fingerprint density at radius 1 is 1.35 bits per heavy atom. The van der Waals surface area contributed by atoms with E-state index in [-0.39, 0.29) is 5.54 Å². The number of methoxy groups -OCH3 is 1. The minimum absolute atomic E-state index is 0.0362. The molecule has 3 heteroatoms. The second-order valence-electron chi connectivity index (χ2n) is 6.16. The second kappa shape index (κ2) is 5.84. The Balaban J connectivity index is 1.97. The van der Waals surface area contributed by atoms with Crippen molar-refractivity contribution in [2.75, 3.05) is 26.8 Å². The van der Waals surface area contributed by atoms with Crippen molar-refractivity contribution in [3.8, 4) is 0 Å². The van der Waals surface area contributed by atoms with Crippen molar-refractivity contribution < 1.29 is 4.74 Å². The topological polar surface area (TPSA) is 38.5 Å². The molecule has 20 heavy (non-hydrogen) atoms. The van der Waals surface area contributed by atoms with Gasteiger partial charge >= 0.3 is 0 Å². The van der Waals surface area contributed by atoms with Crippen LogP contribution in [0.25, 0.3) is 0 Å². The summed E-state index contributed by atoms with van der Waals surface area (Å²) in [5.41, 5.74) is 9.31. The highest BCUT2D eigenvalue weighted by molar-refractivity contribution is 5.37. The van der Waals surface area contributed by atoms with Gasteiger partial charge in [0, 0.05) is 26.2 Å². The maximum Gasteiger partial charge on any atom is 0.0590 e. The number of ether oxygens (including phenoxy) is 1. The molecule has 0 amide bonds. The first-order chi connectivity index (χ1) is 9.81. The molecule has 0 saturated heterocycles. The standard InChI is InChI=1S/C17H26N2O/c1-20-12-11-19(15-8-9-15)17(13-18)10-4-6-14-5-2-3-7-16(14)17/h2-3,5,7,15H,4,6,8-13,18H2,1H3. The van der Waals surface area contributed by atoms with Crippen molar-refractivity contribution in [3.63, 3.8) is 0 Å². The number of rotatable bonds is 6. The van der Waals surface area contributed by atoms with Crippen molar-refractivity contribution in [3.05, 3.63) is 35.4 Å². The highest BCUT2D eigenvalue weighted by Gasteiger charge is 2.46. The predicted octanol–water partition coefficient (Wildman–Crippen LogP) is 2.29. The molecule has 1 fully saturated rings. The van der Waals surface area contributed by atoms with Gasteiger partial charge in [-0.05, 0) is 43.2 Å². The van der Waals surface area contributed by atoms with Gasteiger partial charge in [-0.2, -0.15) is 0 Å². The Hall–Kier alpha value is -0.900. The molecule has 0 aromatic heterocycles. The third-order valence-corrected chi connectivity index (χ3v) is 4.97. The summed E-state index contributed by atoms with van der Waals surface area (Å²) in [4.78, 5) is 2.65. The molecule has 2 aliphatic rings. The van der Waals surface area contributed by atoms with Crippen molar-refractivity contribution in [1.29, 1.82) is 0 Å². The molecule has 0 spiro atoms. The number of aryl methyl sites for hydroxylation is 1. The smallest absolute Gasteiger partial charge is 0.0590 e. The van der Waals surface area contributed by atoms with E-state index >= 15 is 0 Å². The number of hydrogen-bond acceptors (Lipinski definition) is 3. The summed E-state index contributed by atoms with van der Waals surface area (Å²) >= 11 is 0. The molecular formula is C17H26N2O. The van der Waals surface area contributed by atoms with E-state index < -0.39 is 0 Å². The predicted molar refractivity (Wildman–Crippen MR) is 81.7 cm³/mol. The normalized spacial score (nSPS) is 25.8. The lowest BCUT2D eigenvalue weighted by molar-refractivity contribution is 0.0377. The molecule has 110 valence electrons. The summed E-state index contributed by atoms with van der Waals surface area (Å²) in [5.74, 6) is 0. The second-order valence-corrected chi connectivity index (χ2v) is 6.16. The van der Waals surface area contributed by atoms with Crippen molar-refractivity contribution in [2.45, 2.75) is 43.7 Å². The van der Waals surface area contributed by atoms with Gasteiger partial charge in [0.05, 0.1) is 12.1 Å². The van der Waals surface area contributed by atoms with E-state index in [2.05, 4.69) is 29.2 Å². The van der Waals surface area contributed by atoms with E-state index in [0.717, 1.165) is 13.2 Å². The zero-order valence-corrected chi connectivity index (χ0v) is 12.5. The Morgan fingerprint density at radius 2 is 2.15 bits per heavy atom. The zero-order valence-electron chi connectivity index (χ0n) is 12.5. The summed E-state index contributed by atoms with van der Waals surface area (Å²) in [7, 11) is 1.79. The third-order valence-electron chi connectivity index (χ3n) is 4.97. The van der Waals surface area contributed by atoms with Crippen molar-refractivity contribution >= 4 is 0 Å². The summed E-state index contributed by atoms with van der Waals surface area (Å²) in [5, 5.41) is 0. The van der Waals surface area contributed by atoms with E-state index in [1.807, 2.05) is 0 Å². The quantitative estimate of drug-likeness (QED) is 0.865. The monoisotopic (exact) mass is 274 g/mol. The molecule has 1 atom stereocenters. The number of nitrogens with two attached hydrogens (primary N) is 1. The van der Waals surface area contributed by atoms with E-state index in [4.69, 9.17) is 10.5 Å². The van der Waals surface area contributed by atoms with Gasteiger partial charge in [-0.15, -0.1) is 0 Å². The zero-order chi connectivity index (χ0) is 14.0. The van der Waals surface area contributed by atoms with Gasteiger partial charge in [0.25, 0.3) is 0 Å². The maximum absolute atomic E-state index is 6.31. The van der Waals surface area contributed by atoms with Crippen LogP contribution in [0.4, 0.5) is 0 Å². The largest absolute Gasteiger partial charge is 0.383 e. The Bertz CT molecular complexity index is 458. The molecule has 2 aliphatic carbocycles. The number of nitrogens with zero attached hydrogens (tertiary/aromatic N) is 1. The first-order valence-corrected chi connectivity index (χ1v) is 7.86. The minimum Gasteiger partial charge on any atom is -0.383 e. The van der Waals surface area contributed by atoms with Gasteiger partial charge in [-0.3, -0.25) is 4.90 Å². The molecule has 1 unspecified atom stereocenters. The van der Waals surface area contributed by atoms with Gasteiger partial charge in [0.2, 0.25) is 0 Å². The van der Waals surface area contributed by atoms with Crippen LogP contribution in [0.3, 0.4) is 0 Å². The fraction of sp³-hybridized carbons (Fsp3) is 0.647. The molecule has 0 aliphatic heterocycles. The summed E-state index contributed by atoms with van der Waals surface area (Å²) in [6.45, 7) is 2.50. The SMILES string of the molecule is COCCN(C1CC1)C1(CN)CCCc2ccccc21. The molecule has 1 aromatic rings.